The summed E-state index contributed by atoms with van der Waals surface area (Å²) in [6.45, 7) is 3.12. The van der Waals surface area contributed by atoms with E-state index in [1.165, 1.54) is 12.5 Å². The maximum Gasteiger partial charge on any atom is 0.356 e. The summed E-state index contributed by atoms with van der Waals surface area (Å²) in [5.74, 6) is -0.278. The molecule has 0 spiro atoms. The van der Waals surface area contributed by atoms with Gasteiger partial charge in [-0.1, -0.05) is 0 Å². The van der Waals surface area contributed by atoms with Gasteiger partial charge in [-0.2, -0.15) is 5.10 Å². The van der Waals surface area contributed by atoms with Crippen LogP contribution in [-0.2, 0) is 6.54 Å². The number of anilines is 1. The van der Waals surface area contributed by atoms with Crippen molar-refractivity contribution in [2.75, 3.05) is 11.9 Å². The van der Waals surface area contributed by atoms with Gasteiger partial charge in [0.25, 0.3) is 0 Å². The van der Waals surface area contributed by atoms with Crippen molar-refractivity contribution in [3.63, 3.8) is 0 Å². The Balaban J connectivity index is 1.67. The number of hydrogen-bond donors (Lipinski definition) is 2. The van der Waals surface area contributed by atoms with Gasteiger partial charge in [-0.05, 0) is 13.0 Å². The van der Waals surface area contributed by atoms with Gasteiger partial charge in [0.1, 0.15) is 5.52 Å². The fourth-order valence-electron chi connectivity index (χ4n) is 2.08. The largest absolute Gasteiger partial charge is 0.476 e. The van der Waals surface area contributed by atoms with Crippen molar-refractivity contribution >= 4 is 17.3 Å². The second-order valence-corrected chi connectivity index (χ2v) is 4.62. The number of aromatic nitrogens is 5. The summed E-state index contributed by atoms with van der Waals surface area (Å²) in [6, 6.07) is 1.95. The van der Waals surface area contributed by atoms with Crippen molar-refractivity contribution in [2.24, 2.45) is 0 Å². The highest BCUT2D eigenvalue weighted by atomic mass is 16.4. The summed E-state index contributed by atoms with van der Waals surface area (Å²) < 4.78 is 3.49. The number of rotatable bonds is 5. The van der Waals surface area contributed by atoms with Crippen molar-refractivity contribution in [1.29, 1.82) is 0 Å². The molecule has 0 bridgehead atoms. The Morgan fingerprint density at radius 1 is 1.43 bits per heavy atom. The summed E-state index contributed by atoms with van der Waals surface area (Å²) in [5.41, 5.74) is 1.88. The second-order valence-electron chi connectivity index (χ2n) is 4.62. The van der Waals surface area contributed by atoms with E-state index in [0.29, 0.717) is 13.1 Å². The van der Waals surface area contributed by atoms with E-state index < -0.39 is 5.97 Å². The molecule has 0 atom stereocenters. The number of carbonyl (C=O) groups is 1. The third-order valence-electron chi connectivity index (χ3n) is 3.03. The number of nitrogens with zero attached hydrogens (tertiary/aromatic N) is 5. The van der Waals surface area contributed by atoms with E-state index in [1.54, 1.807) is 21.5 Å². The standard InChI is InChI=1S/C13H14N6O2/c1-9-6-11-12(15-3-5-19(11)17-9)14-2-4-18-7-10(13(20)21)16-8-18/h3,5-8H,2,4H2,1H3,(H,14,15)(H,20,21). The molecule has 0 saturated heterocycles. The highest BCUT2D eigenvalue weighted by Crippen LogP contribution is 2.14. The molecule has 3 aromatic heterocycles. The molecule has 0 unspecified atom stereocenters. The van der Waals surface area contributed by atoms with Crippen molar-refractivity contribution in [3.8, 4) is 0 Å². The third kappa shape index (κ3) is 2.69. The average molecular weight is 286 g/mol. The topological polar surface area (TPSA) is 97.3 Å². The van der Waals surface area contributed by atoms with Crippen molar-refractivity contribution in [2.45, 2.75) is 13.5 Å². The highest BCUT2D eigenvalue weighted by molar-refractivity contribution is 5.84. The Hall–Kier alpha value is -2.90. The van der Waals surface area contributed by atoms with Crippen LogP contribution in [0.25, 0.3) is 5.52 Å². The third-order valence-corrected chi connectivity index (χ3v) is 3.03. The van der Waals surface area contributed by atoms with Gasteiger partial charge in [0, 0.05) is 31.7 Å². The second kappa shape index (κ2) is 5.23. The summed E-state index contributed by atoms with van der Waals surface area (Å²) in [4.78, 5) is 18.8. The van der Waals surface area contributed by atoms with Gasteiger partial charge in [0.2, 0.25) is 0 Å². The van der Waals surface area contributed by atoms with E-state index in [9.17, 15) is 4.79 Å². The Labute approximate surface area is 120 Å². The van der Waals surface area contributed by atoms with Gasteiger partial charge in [-0.3, -0.25) is 0 Å². The van der Waals surface area contributed by atoms with Gasteiger partial charge in [0.15, 0.2) is 11.5 Å². The van der Waals surface area contributed by atoms with Crippen LogP contribution in [0.5, 0.6) is 0 Å². The first-order valence-electron chi connectivity index (χ1n) is 6.43. The van der Waals surface area contributed by atoms with Crippen molar-refractivity contribution in [1.82, 2.24) is 24.1 Å². The molecule has 0 aliphatic rings. The van der Waals surface area contributed by atoms with E-state index >= 15 is 0 Å². The first kappa shape index (κ1) is 13.1. The number of aromatic carboxylic acids is 1. The Kier molecular flexibility index (Phi) is 3.27. The zero-order chi connectivity index (χ0) is 14.8. The van der Waals surface area contributed by atoms with Gasteiger partial charge in [-0.25, -0.2) is 19.3 Å². The smallest absolute Gasteiger partial charge is 0.356 e. The van der Waals surface area contributed by atoms with Crippen LogP contribution < -0.4 is 5.32 Å². The summed E-state index contributed by atoms with van der Waals surface area (Å²) >= 11 is 0. The maximum atomic E-state index is 10.7. The first-order valence-corrected chi connectivity index (χ1v) is 6.43. The zero-order valence-corrected chi connectivity index (χ0v) is 11.4. The molecule has 0 amide bonds. The lowest BCUT2D eigenvalue weighted by molar-refractivity contribution is 0.0691. The normalized spacial score (nSPS) is 10.9. The summed E-state index contributed by atoms with van der Waals surface area (Å²) in [6.07, 6.45) is 6.48. The quantitative estimate of drug-likeness (QED) is 0.727. The Bertz CT molecular complexity index is 791. The molecule has 0 saturated carbocycles. The van der Waals surface area contributed by atoms with Gasteiger partial charge >= 0.3 is 5.97 Å². The van der Waals surface area contributed by atoms with Crippen LogP contribution in [0.4, 0.5) is 5.82 Å². The van der Waals surface area contributed by atoms with Crippen molar-refractivity contribution in [3.05, 3.63) is 42.4 Å². The number of hydrogen-bond acceptors (Lipinski definition) is 5. The van der Waals surface area contributed by atoms with E-state index in [4.69, 9.17) is 5.11 Å². The Morgan fingerprint density at radius 3 is 3.05 bits per heavy atom. The minimum atomic E-state index is -1.03. The van der Waals surface area contributed by atoms with Crippen LogP contribution in [-0.4, -0.2) is 41.8 Å². The number of carboxylic acids is 1. The lowest BCUT2D eigenvalue weighted by Crippen LogP contribution is -2.11. The van der Waals surface area contributed by atoms with Crippen molar-refractivity contribution < 1.29 is 9.90 Å². The maximum absolute atomic E-state index is 10.7. The summed E-state index contributed by atoms with van der Waals surface area (Å²) in [5, 5.41) is 16.4. The van der Waals surface area contributed by atoms with Crippen LogP contribution >= 0.6 is 0 Å². The lowest BCUT2D eigenvalue weighted by Gasteiger charge is -2.07. The predicted molar refractivity (Wildman–Crippen MR) is 75.4 cm³/mol. The minimum Gasteiger partial charge on any atom is -0.476 e. The zero-order valence-electron chi connectivity index (χ0n) is 11.4. The number of nitrogens with one attached hydrogen (secondary N) is 1. The van der Waals surface area contributed by atoms with E-state index in [1.807, 2.05) is 13.0 Å². The molecule has 3 aromatic rings. The number of fused-ring (bicyclic) bond motifs is 1. The van der Waals surface area contributed by atoms with Gasteiger partial charge < -0.3 is 15.0 Å². The lowest BCUT2D eigenvalue weighted by atomic mass is 10.4. The fourth-order valence-corrected chi connectivity index (χ4v) is 2.08. The van der Waals surface area contributed by atoms with Gasteiger partial charge in [-0.15, -0.1) is 0 Å². The molecule has 108 valence electrons. The molecule has 0 aliphatic carbocycles. The monoisotopic (exact) mass is 286 g/mol. The molecule has 0 fully saturated rings. The van der Waals surface area contributed by atoms with Gasteiger partial charge in [0.05, 0.1) is 12.0 Å². The average Bonchev–Trinajstić information content (AvgIpc) is 3.04. The van der Waals surface area contributed by atoms with Crippen LogP contribution in [0, 0.1) is 6.92 Å². The molecular formula is C13H14N6O2. The molecule has 8 heteroatoms. The van der Waals surface area contributed by atoms with Crippen LogP contribution in [0.3, 0.4) is 0 Å². The number of imidazole rings is 1. The molecule has 0 aliphatic heterocycles. The molecule has 0 radical (unpaired) electrons. The molecule has 0 aromatic carbocycles. The van der Waals surface area contributed by atoms with Crippen LogP contribution in [0.1, 0.15) is 16.2 Å². The molecule has 3 heterocycles. The van der Waals surface area contributed by atoms with E-state index in [2.05, 4.69) is 20.4 Å². The molecular weight excluding hydrogens is 272 g/mol. The van der Waals surface area contributed by atoms with E-state index in [-0.39, 0.29) is 5.69 Å². The minimum absolute atomic E-state index is 0.0432. The Morgan fingerprint density at radius 2 is 2.29 bits per heavy atom. The highest BCUT2D eigenvalue weighted by Gasteiger charge is 2.07. The summed E-state index contributed by atoms with van der Waals surface area (Å²) in [7, 11) is 0. The van der Waals surface area contributed by atoms with Crippen LogP contribution in [0.15, 0.2) is 31.0 Å². The fraction of sp³-hybridized carbons (Fsp3) is 0.231. The SMILES string of the molecule is Cc1cc2c(NCCn3cnc(C(=O)O)c3)nccn2n1. The number of aryl methyl sites for hydroxylation is 1. The molecule has 3 rings (SSSR count). The molecule has 21 heavy (non-hydrogen) atoms. The van der Waals surface area contributed by atoms with Crippen LogP contribution in [0.2, 0.25) is 0 Å². The van der Waals surface area contributed by atoms with E-state index in [0.717, 1.165) is 17.0 Å². The molecule has 2 N–H and O–H groups in total. The molecule has 8 nitrogen and oxygen atoms in total. The first-order chi connectivity index (χ1) is 10.1. The predicted octanol–water partition coefficient (Wildman–Crippen LogP) is 1.04. The number of carboxylic acid groups (broad SMARTS) is 1.